The molecule has 3 heterocycles. The molecule has 4 aromatic rings. The smallest absolute Gasteiger partial charge is 0.229 e. The summed E-state index contributed by atoms with van der Waals surface area (Å²) in [6, 6.07) is 10.3. The maximum Gasteiger partial charge on any atom is 0.229 e. The minimum Gasteiger partial charge on any atom is -0.302 e. The van der Waals surface area contributed by atoms with Gasteiger partial charge in [0.1, 0.15) is 10.5 Å². The molecule has 1 aliphatic carbocycles. The number of nitrogens with one attached hydrogen (secondary N) is 2. The lowest BCUT2D eigenvalue weighted by molar-refractivity contribution is -0.117. The van der Waals surface area contributed by atoms with E-state index in [0.717, 1.165) is 17.5 Å². The number of H-pyrrole nitrogens is 1. The van der Waals surface area contributed by atoms with Gasteiger partial charge in [0.05, 0.1) is 5.69 Å². The molecule has 8 heteroatoms. The maximum atomic E-state index is 14.2. The lowest BCUT2D eigenvalue weighted by Crippen LogP contribution is -2.12. The van der Waals surface area contributed by atoms with Gasteiger partial charge in [0.25, 0.3) is 0 Å². The number of aromatic nitrogens is 4. The lowest BCUT2D eigenvalue weighted by atomic mass is 10.1. The Hall–Kier alpha value is -3.00. The summed E-state index contributed by atoms with van der Waals surface area (Å²) in [4.78, 5) is 16.3. The molecule has 0 unspecified atom stereocenters. The van der Waals surface area contributed by atoms with Crippen molar-refractivity contribution in [2.75, 3.05) is 5.32 Å². The topological polar surface area (TPSA) is 75.6 Å². The van der Waals surface area contributed by atoms with Crippen molar-refractivity contribution in [2.24, 2.45) is 5.92 Å². The van der Waals surface area contributed by atoms with Gasteiger partial charge in [0.15, 0.2) is 16.6 Å². The Balaban J connectivity index is 1.56. The average Bonchev–Trinajstić information content (AvgIpc) is 3.06. The predicted octanol–water partition coefficient (Wildman–Crippen LogP) is 3.96. The molecule has 0 radical (unpaired) electrons. The number of carbonyl (C=O) groups is 1. The first-order valence-electron chi connectivity index (χ1n) is 8.29. The van der Waals surface area contributed by atoms with E-state index < -0.39 is 0 Å². The predicted molar refractivity (Wildman–Crippen MR) is 97.8 cm³/mol. The number of rotatable bonds is 4. The summed E-state index contributed by atoms with van der Waals surface area (Å²) in [5.41, 5.74) is 1.80. The quantitative estimate of drug-likeness (QED) is 0.573. The van der Waals surface area contributed by atoms with Crippen molar-refractivity contribution in [3.8, 4) is 17.1 Å². The number of benzene rings is 1. The SMILES string of the molecule is O=C(Nc1nc2[nH]nc(-n3cccc3-c3ccccc3F)c2s1)C1CC1. The first kappa shape index (κ1) is 15.3. The molecule has 5 rings (SSSR count). The highest BCUT2D eigenvalue weighted by atomic mass is 32.1. The zero-order chi connectivity index (χ0) is 17.7. The Kier molecular flexibility index (Phi) is 3.39. The van der Waals surface area contributed by atoms with E-state index in [2.05, 4.69) is 20.5 Å². The Morgan fingerprint density at radius 1 is 1.27 bits per heavy atom. The van der Waals surface area contributed by atoms with E-state index in [1.165, 1.54) is 17.4 Å². The number of hydrogen-bond acceptors (Lipinski definition) is 4. The molecule has 1 aromatic carbocycles. The van der Waals surface area contributed by atoms with Gasteiger partial charge in [-0.15, -0.1) is 0 Å². The van der Waals surface area contributed by atoms with Crippen LogP contribution in [-0.4, -0.2) is 25.7 Å². The summed E-state index contributed by atoms with van der Waals surface area (Å²) in [5, 5.41) is 10.6. The molecule has 0 spiro atoms. The van der Waals surface area contributed by atoms with E-state index >= 15 is 0 Å². The van der Waals surface area contributed by atoms with Crippen LogP contribution in [0.3, 0.4) is 0 Å². The van der Waals surface area contributed by atoms with Crippen LogP contribution in [0.1, 0.15) is 12.8 Å². The number of amides is 1. The summed E-state index contributed by atoms with van der Waals surface area (Å²) >= 11 is 1.36. The highest BCUT2D eigenvalue weighted by molar-refractivity contribution is 7.22. The van der Waals surface area contributed by atoms with Crippen LogP contribution in [0.15, 0.2) is 42.6 Å². The van der Waals surface area contributed by atoms with Gasteiger partial charge in [-0.1, -0.05) is 23.5 Å². The molecule has 26 heavy (non-hydrogen) atoms. The van der Waals surface area contributed by atoms with Crippen molar-refractivity contribution in [2.45, 2.75) is 12.8 Å². The zero-order valence-electron chi connectivity index (χ0n) is 13.6. The molecule has 1 amide bonds. The summed E-state index contributed by atoms with van der Waals surface area (Å²) in [6.45, 7) is 0. The van der Waals surface area contributed by atoms with Crippen LogP contribution < -0.4 is 5.32 Å². The number of halogens is 1. The number of carbonyl (C=O) groups excluding carboxylic acids is 1. The second-order valence-electron chi connectivity index (χ2n) is 6.25. The summed E-state index contributed by atoms with van der Waals surface area (Å²) in [5.74, 6) is 0.476. The number of hydrogen-bond donors (Lipinski definition) is 2. The molecule has 3 aromatic heterocycles. The van der Waals surface area contributed by atoms with Crippen LogP contribution in [0.2, 0.25) is 0 Å². The molecule has 0 saturated heterocycles. The first-order valence-corrected chi connectivity index (χ1v) is 9.11. The lowest BCUT2D eigenvalue weighted by Gasteiger charge is -2.07. The fourth-order valence-corrected chi connectivity index (χ4v) is 3.83. The second-order valence-corrected chi connectivity index (χ2v) is 7.25. The Morgan fingerprint density at radius 3 is 2.92 bits per heavy atom. The highest BCUT2D eigenvalue weighted by Gasteiger charge is 2.30. The van der Waals surface area contributed by atoms with Crippen molar-refractivity contribution in [1.82, 2.24) is 19.7 Å². The third-order valence-corrected chi connectivity index (χ3v) is 5.37. The molecular weight excluding hydrogens is 353 g/mol. The summed E-state index contributed by atoms with van der Waals surface area (Å²) < 4.78 is 16.9. The number of nitrogens with zero attached hydrogens (tertiary/aromatic N) is 3. The standard InChI is InChI=1S/C18H14FN5OS/c19-12-5-2-1-4-11(12)13-6-3-9-24(13)16-14-15(22-23-16)20-18(26-14)21-17(25)10-7-8-10/h1-6,9-10H,7-8H2,(H2,20,21,22,23,25). The number of aromatic amines is 1. The van der Waals surface area contributed by atoms with E-state index in [1.54, 1.807) is 18.2 Å². The molecule has 0 bridgehead atoms. The van der Waals surface area contributed by atoms with Crippen LogP contribution in [0, 0.1) is 11.7 Å². The van der Waals surface area contributed by atoms with Crippen LogP contribution >= 0.6 is 11.3 Å². The molecule has 0 atom stereocenters. The van der Waals surface area contributed by atoms with Gasteiger partial charge < -0.3 is 5.32 Å². The number of anilines is 1. The fraction of sp³-hybridized carbons (Fsp3) is 0.167. The molecular formula is C18H14FN5OS. The largest absolute Gasteiger partial charge is 0.302 e. The highest BCUT2D eigenvalue weighted by Crippen LogP contribution is 2.35. The summed E-state index contributed by atoms with van der Waals surface area (Å²) in [6.07, 6.45) is 3.72. The van der Waals surface area contributed by atoms with Crippen molar-refractivity contribution in [1.29, 1.82) is 0 Å². The van der Waals surface area contributed by atoms with Gasteiger partial charge in [0.2, 0.25) is 5.91 Å². The van der Waals surface area contributed by atoms with Crippen LogP contribution in [0.5, 0.6) is 0 Å². The Bertz CT molecular complexity index is 1120. The molecule has 1 saturated carbocycles. The van der Waals surface area contributed by atoms with E-state index in [1.807, 2.05) is 22.9 Å². The third-order valence-electron chi connectivity index (χ3n) is 4.40. The average molecular weight is 367 g/mol. The summed E-state index contributed by atoms with van der Waals surface area (Å²) in [7, 11) is 0. The maximum absolute atomic E-state index is 14.2. The monoisotopic (exact) mass is 367 g/mol. The van der Waals surface area contributed by atoms with Crippen LogP contribution in [-0.2, 0) is 4.79 Å². The molecule has 130 valence electrons. The van der Waals surface area contributed by atoms with E-state index in [0.29, 0.717) is 27.9 Å². The molecule has 2 N–H and O–H groups in total. The van der Waals surface area contributed by atoms with Gasteiger partial charge in [-0.2, -0.15) is 5.10 Å². The van der Waals surface area contributed by atoms with Crippen LogP contribution in [0.4, 0.5) is 9.52 Å². The van der Waals surface area contributed by atoms with Gasteiger partial charge in [-0.25, -0.2) is 9.37 Å². The minimum atomic E-state index is -0.291. The normalized spacial score (nSPS) is 14.0. The zero-order valence-corrected chi connectivity index (χ0v) is 14.4. The van der Waals surface area contributed by atoms with Gasteiger partial charge in [-0.3, -0.25) is 14.5 Å². The molecule has 0 aliphatic heterocycles. The van der Waals surface area contributed by atoms with E-state index in [9.17, 15) is 9.18 Å². The molecule has 1 aliphatic rings. The van der Waals surface area contributed by atoms with Crippen molar-refractivity contribution in [3.05, 3.63) is 48.4 Å². The van der Waals surface area contributed by atoms with Crippen molar-refractivity contribution in [3.63, 3.8) is 0 Å². The fourth-order valence-electron chi connectivity index (χ4n) is 2.93. The van der Waals surface area contributed by atoms with Crippen molar-refractivity contribution >= 4 is 32.7 Å². The number of fused-ring (bicyclic) bond motifs is 1. The second kappa shape index (κ2) is 5.77. The van der Waals surface area contributed by atoms with Gasteiger partial charge in [0, 0.05) is 17.7 Å². The first-order chi connectivity index (χ1) is 12.7. The van der Waals surface area contributed by atoms with Gasteiger partial charge in [-0.05, 0) is 37.1 Å². The van der Waals surface area contributed by atoms with E-state index in [4.69, 9.17) is 0 Å². The third kappa shape index (κ3) is 2.50. The van der Waals surface area contributed by atoms with E-state index in [-0.39, 0.29) is 17.6 Å². The minimum absolute atomic E-state index is 0.0175. The van der Waals surface area contributed by atoms with Gasteiger partial charge >= 0.3 is 0 Å². The Labute approximate surface area is 151 Å². The molecule has 6 nitrogen and oxygen atoms in total. The van der Waals surface area contributed by atoms with Crippen LogP contribution in [0.25, 0.3) is 27.4 Å². The number of thiazole rings is 1. The van der Waals surface area contributed by atoms with Crippen molar-refractivity contribution < 1.29 is 9.18 Å². The molecule has 1 fully saturated rings. The Morgan fingerprint density at radius 2 is 2.12 bits per heavy atom.